The minimum Gasteiger partial charge on any atom is -0.354 e. The smallest absolute Gasteiger partial charge is 0.128 e. The fourth-order valence-corrected chi connectivity index (χ4v) is 2.95. The molecule has 1 aliphatic rings. The molecular formula is C16H18BrN3. The average molecular weight is 332 g/mol. The molecule has 3 rings (SSSR count). The lowest BCUT2D eigenvalue weighted by atomic mass is 10.2. The van der Waals surface area contributed by atoms with Gasteiger partial charge in [0.2, 0.25) is 0 Å². The summed E-state index contributed by atoms with van der Waals surface area (Å²) in [6.07, 6.45) is 1.86. The number of hydrogen-bond donors (Lipinski definition) is 0. The van der Waals surface area contributed by atoms with Gasteiger partial charge in [-0.3, -0.25) is 4.90 Å². The molecule has 0 atom stereocenters. The minimum atomic E-state index is 1.01. The number of anilines is 1. The van der Waals surface area contributed by atoms with Gasteiger partial charge in [-0.15, -0.1) is 0 Å². The van der Waals surface area contributed by atoms with Crippen molar-refractivity contribution in [3.05, 3.63) is 58.7 Å². The van der Waals surface area contributed by atoms with Gasteiger partial charge in [0.15, 0.2) is 0 Å². The number of nitrogens with zero attached hydrogens (tertiary/aromatic N) is 3. The van der Waals surface area contributed by atoms with Gasteiger partial charge in [0.1, 0.15) is 5.82 Å². The maximum absolute atomic E-state index is 4.43. The summed E-state index contributed by atoms with van der Waals surface area (Å²) in [6, 6.07) is 14.6. The molecule has 104 valence electrons. The topological polar surface area (TPSA) is 19.4 Å². The van der Waals surface area contributed by atoms with Crippen LogP contribution in [-0.2, 0) is 6.54 Å². The Bertz CT molecular complexity index is 551. The summed E-state index contributed by atoms with van der Waals surface area (Å²) < 4.78 is 1.20. The molecule has 2 aromatic rings. The third kappa shape index (κ3) is 3.19. The van der Waals surface area contributed by atoms with Crippen molar-refractivity contribution in [1.29, 1.82) is 0 Å². The van der Waals surface area contributed by atoms with E-state index >= 15 is 0 Å². The number of hydrogen-bond acceptors (Lipinski definition) is 3. The quantitative estimate of drug-likeness (QED) is 0.861. The number of piperazine rings is 1. The van der Waals surface area contributed by atoms with E-state index in [-0.39, 0.29) is 0 Å². The highest BCUT2D eigenvalue weighted by Crippen LogP contribution is 2.19. The van der Waals surface area contributed by atoms with Crippen molar-refractivity contribution in [1.82, 2.24) is 9.88 Å². The summed E-state index contributed by atoms with van der Waals surface area (Å²) in [4.78, 5) is 9.28. The first-order chi connectivity index (χ1) is 9.83. The molecule has 1 fully saturated rings. The highest BCUT2D eigenvalue weighted by atomic mass is 79.9. The number of aromatic nitrogens is 1. The molecule has 0 aliphatic carbocycles. The van der Waals surface area contributed by atoms with E-state index in [1.165, 1.54) is 10.0 Å². The van der Waals surface area contributed by atoms with E-state index in [2.05, 4.69) is 67.1 Å². The van der Waals surface area contributed by atoms with Crippen LogP contribution in [0.25, 0.3) is 0 Å². The van der Waals surface area contributed by atoms with Crippen molar-refractivity contribution in [2.75, 3.05) is 31.1 Å². The lowest BCUT2D eigenvalue weighted by Crippen LogP contribution is -2.46. The number of halogens is 1. The molecule has 0 N–H and O–H groups in total. The molecule has 0 saturated carbocycles. The zero-order valence-electron chi connectivity index (χ0n) is 11.4. The van der Waals surface area contributed by atoms with Gasteiger partial charge in [-0.05, 0) is 23.8 Å². The van der Waals surface area contributed by atoms with Crippen LogP contribution in [0.5, 0.6) is 0 Å². The summed E-state index contributed by atoms with van der Waals surface area (Å²) in [5.74, 6) is 1.09. The SMILES string of the molecule is Brc1ccccc1CN1CCN(c2ccccn2)CC1. The molecule has 0 amide bonds. The molecule has 0 radical (unpaired) electrons. The summed E-state index contributed by atoms with van der Waals surface area (Å²) in [5.41, 5.74) is 1.36. The molecule has 2 heterocycles. The summed E-state index contributed by atoms with van der Waals surface area (Å²) in [7, 11) is 0. The predicted molar refractivity (Wildman–Crippen MR) is 85.9 cm³/mol. The molecule has 3 nitrogen and oxygen atoms in total. The Morgan fingerprint density at radius 1 is 0.950 bits per heavy atom. The van der Waals surface area contributed by atoms with Crippen molar-refractivity contribution < 1.29 is 0 Å². The van der Waals surface area contributed by atoms with Gasteiger partial charge in [0.25, 0.3) is 0 Å². The van der Waals surface area contributed by atoms with E-state index in [0.717, 1.165) is 38.5 Å². The standard InChI is InChI=1S/C16H18BrN3/c17-15-6-2-1-5-14(15)13-19-9-11-20(12-10-19)16-7-3-4-8-18-16/h1-8H,9-13H2. The highest BCUT2D eigenvalue weighted by Gasteiger charge is 2.18. The normalized spacial score (nSPS) is 16.4. The summed E-state index contributed by atoms with van der Waals surface area (Å²) in [6.45, 7) is 5.26. The molecule has 4 heteroatoms. The summed E-state index contributed by atoms with van der Waals surface area (Å²) >= 11 is 3.62. The van der Waals surface area contributed by atoms with Crippen LogP contribution >= 0.6 is 15.9 Å². The molecule has 0 spiro atoms. The predicted octanol–water partition coefficient (Wildman–Crippen LogP) is 3.17. The van der Waals surface area contributed by atoms with Crippen molar-refractivity contribution in [3.63, 3.8) is 0 Å². The van der Waals surface area contributed by atoms with Crippen molar-refractivity contribution >= 4 is 21.7 Å². The Morgan fingerprint density at radius 2 is 1.70 bits per heavy atom. The van der Waals surface area contributed by atoms with Crippen molar-refractivity contribution in [3.8, 4) is 0 Å². The fraction of sp³-hybridized carbons (Fsp3) is 0.312. The Kier molecular flexibility index (Phi) is 4.33. The average Bonchev–Trinajstić information content (AvgIpc) is 2.51. The second-order valence-corrected chi connectivity index (χ2v) is 5.90. The van der Waals surface area contributed by atoms with Gasteiger partial charge in [-0.2, -0.15) is 0 Å². The molecule has 1 aliphatic heterocycles. The van der Waals surface area contributed by atoms with E-state index in [1.54, 1.807) is 0 Å². The second-order valence-electron chi connectivity index (χ2n) is 5.04. The number of benzene rings is 1. The van der Waals surface area contributed by atoms with Gasteiger partial charge >= 0.3 is 0 Å². The van der Waals surface area contributed by atoms with Crippen LogP contribution < -0.4 is 4.90 Å². The monoisotopic (exact) mass is 331 g/mol. The first-order valence-corrected chi connectivity index (χ1v) is 7.74. The third-order valence-corrected chi connectivity index (χ3v) is 4.47. The van der Waals surface area contributed by atoms with Crippen LogP contribution in [0, 0.1) is 0 Å². The van der Waals surface area contributed by atoms with Crippen LogP contribution in [0.4, 0.5) is 5.82 Å². The lowest BCUT2D eigenvalue weighted by Gasteiger charge is -2.35. The van der Waals surface area contributed by atoms with Gasteiger partial charge in [0.05, 0.1) is 0 Å². The zero-order chi connectivity index (χ0) is 13.8. The fourth-order valence-electron chi connectivity index (χ4n) is 2.54. The molecule has 20 heavy (non-hydrogen) atoms. The van der Waals surface area contributed by atoms with Crippen LogP contribution in [-0.4, -0.2) is 36.1 Å². The van der Waals surface area contributed by atoms with Crippen LogP contribution in [0.15, 0.2) is 53.1 Å². The zero-order valence-corrected chi connectivity index (χ0v) is 13.0. The summed E-state index contributed by atoms with van der Waals surface area (Å²) in [5, 5.41) is 0. The first-order valence-electron chi connectivity index (χ1n) is 6.95. The van der Waals surface area contributed by atoms with E-state index in [4.69, 9.17) is 0 Å². The van der Waals surface area contributed by atoms with Crippen molar-refractivity contribution in [2.45, 2.75) is 6.54 Å². The maximum Gasteiger partial charge on any atom is 0.128 e. The number of pyridine rings is 1. The van der Waals surface area contributed by atoms with Gasteiger partial charge in [0, 0.05) is 43.4 Å². The molecule has 0 unspecified atom stereocenters. The minimum absolute atomic E-state index is 1.01. The van der Waals surface area contributed by atoms with Crippen molar-refractivity contribution in [2.24, 2.45) is 0 Å². The molecule has 1 aromatic heterocycles. The Hall–Kier alpha value is -1.39. The molecular weight excluding hydrogens is 314 g/mol. The largest absolute Gasteiger partial charge is 0.354 e. The number of rotatable bonds is 3. The van der Waals surface area contributed by atoms with Gasteiger partial charge in [-0.1, -0.05) is 40.2 Å². The lowest BCUT2D eigenvalue weighted by molar-refractivity contribution is 0.249. The van der Waals surface area contributed by atoms with Crippen LogP contribution in [0.3, 0.4) is 0 Å². The molecule has 1 aromatic carbocycles. The van der Waals surface area contributed by atoms with Crippen LogP contribution in [0.2, 0.25) is 0 Å². The van der Waals surface area contributed by atoms with E-state index in [9.17, 15) is 0 Å². The Balaban J connectivity index is 1.58. The van der Waals surface area contributed by atoms with E-state index < -0.39 is 0 Å². The molecule has 0 bridgehead atoms. The van der Waals surface area contributed by atoms with Gasteiger partial charge in [-0.25, -0.2) is 4.98 Å². The first kappa shape index (κ1) is 13.6. The van der Waals surface area contributed by atoms with E-state index in [1.807, 2.05) is 12.3 Å². The third-order valence-electron chi connectivity index (χ3n) is 3.70. The molecule has 1 saturated heterocycles. The second kappa shape index (κ2) is 6.37. The van der Waals surface area contributed by atoms with Crippen LogP contribution in [0.1, 0.15) is 5.56 Å². The highest BCUT2D eigenvalue weighted by molar-refractivity contribution is 9.10. The maximum atomic E-state index is 4.43. The van der Waals surface area contributed by atoms with Gasteiger partial charge < -0.3 is 4.90 Å². The Labute approximate surface area is 128 Å². The van der Waals surface area contributed by atoms with E-state index in [0.29, 0.717) is 0 Å². The Morgan fingerprint density at radius 3 is 2.40 bits per heavy atom.